The molecule has 0 unspecified atom stereocenters. The lowest BCUT2D eigenvalue weighted by Gasteiger charge is -2.34. The molecular weight excluding hydrogens is 326 g/mol. The highest BCUT2D eigenvalue weighted by atomic mass is 32.2. The van der Waals surface area contributed by atoms with Crippen molar-refractivity contribution in [2.24, 2.45) is 0 Å². The fourth-order valence-corrected chi connectivity index (χ4v) is 5.20. The first-order valence-corrected chi connectivity index (χ1v) is 10.1. The number of fused-ring (bicyclic) bond motifs is 1. The van der Waals surface area contributed by atoms with Gasteiger partial charge in [-0.05, 0) is 49.4 Å². The topological polar surface area (TPSA) is 70.9 Å². The number of amides is 1. The standard InChI is InChI=1S/C17H25N3O3S/c1-13(17(21)18-2)19-8-10-20(11-9-19)24(22,23)16-7-6-14-4-3-5-15(14)12-16/h6-7,12-13H,3-5,8-11H2,1-2H3,(H,18,21)/p+1/t13-/m0/s1. The van der Waals surface area contributed by atoms with Crippen LogP contribution in [0.5, 0.6) is 0 Å². The highest BCUT2D eigenvalue weighted by molar-refractivity contribution is 7.89. The van der Waals surface area contributed by atoms with Gasteiger partial charge in [0.15, 0.2) is 6.04 Å². The van der Waals surface area contributed by atoms with Crippen molar-refractivity contribution < 1.29 is 18.1 Å². The molecule has 2 N–H and O–H groups in total. The van der Waals surface area contributed by atoms with Gasteiger partial charge < -0.3 is 10.2 Å². The van der Waals surface area contributed by atoms with Crippen LogP contribution in [0.4, 0.5) is 0 Å². The zero-order chi connectivity index (χ0) is 17.3. The maximum absolute atomic E-state index is 12.9. The van der Waals surface area contributed by atoms with E-state index < -0.39 is 10.0 Å². The molecule has 1 amide bonds. The lowest BCUT2D eigenvalue weighted by Crippen LogP contribution is -3.19. The van der Waals surface area contributed by atoms with Gasteiger partial charge in [0.25, 0.3) is 5.91 Å². The largest absolute Gasteiger partial charge is 0.354 e. The van der Waals surface area contributed by atoms with Crippen LogP contribution in [0.25, 0.3) is 0 Å². The number of quaternary nitrogens is 1. The number of nitrogens with one attached hydrogen (secondary N) is 2. The summed E-state index contributed by atoms with van der Waals surface area (Å²) in [7, 11) is -1.81. The first kappa shape index (κ1) is 17.4. The molecule has 24 heavy (non-hydrogen) atoms. The highest BCUT2D eigenvalue weighted by Gasteiger charge is 2.34. The maximum atomic E-state index is 12.9. The normalized spacial score (nSPS) is 20.6. The molecular formula is C17H26N3O3S+. The Hall–Kier alpha value is -1.44. The van der Waals surface area contributed by atoms with E-state index in [1.54, 1.807) is 17.4 Å². The molecule has 0 bridgehead atoms. The van der Waals surface area contributed by atoms with Gasteiger partial charge >= 0.3 is 0 Å². The summed E-state index contributed by atoms with van der Waals surface area (Å²) in [6.07, 6.45) is 3.13. The summed E-state index contributed by atoms with van der Waals surface area (Å²) in [6, 6.07) is 5.40. The summed E-state index contributed by atoms with van der Waals surface area (Å²) in [5, 5.41) is 2.66. The molecule has 0 aromatic heterocycles. The maximum Gasteiger partial charge on any atom is 0.277 e. The zero-order valence-electron chi connectivity index (χ0n) is 14.3. The van der Waals surface area contributed by atoms with E-state index in [2.05, 4.69) is 5.32 Å². The molecule has 0 spiro atoms. The molecule has 0 radical (unpaired) electrons. The van der Waals surface area contributed by atoms with E-state index >= 15 is 0 Å². The first-order valence-electron chi connectivity index (χ1n) is 8.61. The molecule has 1 saturated heterocycles. The average Bonchev–Trinajstić information content (AvgIpc) is 3.08. The predicted octanol–water partition coefficient (Wildman–Crippen LogP) is -0.801. The van der Waals surface area contributed by atoms with Crippen LogP contribution < -0.4 is 10.2 Å². The summed E-state index contributed by atoms with van der Waals surface area (Å²) >= 11 is 0. The Bertz CT molecular complexity index is 725. The van der Waals surface area contributed by atoms with Gasteiger partial charge in [0.05, 0.1) is 31.1 Å². The molecule has 3 rings (SSSR count). The monoisotopic (exact) mass is 352 g/mol. The minimum atomic E-state index is -3.44. The lowest BCUT2D eigenvalue weighted by molar-refractivity contribution is -0.917. The van der Waals surface area contributed by atoms with Crippen molar-refractivity contribution in [3.8, 4) is 0 Å². The number of aryl methyl sites for hydroxylation is 2. The third kappa shape index (κ3) is 3.20. The minimum Gasteiger partial charge on any atom is -0.354 e. The number of carbonyl (C=O) groups is 1. The second-order valence-electron chi connectivity index (χ2n) is 6.68. The number of piperazine rings is 1. The van der Waals surface area contributed by atoms with Gasteiger partial charge in [0.1, 0.15) is 0 Å². The van der Waals surface area contributed by atoms with Crippen LogP contribution in [0.2, 0.25) is 0 Å². The lowest BCUT2D eigenvalue weighted by atomic mass is 10.1. The van der Waals surface area contributed by atoms with Gasteiger partial charge in [-0.2, -0.15) is 4.31 Å². The van der Waals surface area contributed by atoms with Crippen molar-refractivity contribution in [1.29, 1.82) is 0 Å². The van der Waals surface area contributed by atoms with E-state index in [1.165, 1.54) is 11.1 Å². The molecule has 1 aliphatic carbocycles. The van der Waals surface area contributed by atoms with E-state index in [1.807, 2.05) is 19.1 Å². The Balaban J connectivity index is 1.70. The molecule has 132 valence electrons. The van der Waals surface area contributed by atoms with Crippen LogP contribution in [0, 0.1) is 0 Å². The molecule has 1 heterocycles. The van der Waals surface area contributed by atoms with Gasteiger partial charge in [0, 0.05) is 7.05 Å². The molecule has 6 nitrogen and oxygen atoms in total. The van der Waals surface area contributed by atoms with Gasteiger partial charge in [-0.25, -0.2) is 8.42 Å². The van der Waals surface area contributed by atoms with E-state index in [0.717, 1.165) is 24.2 Å². The molecule has 7 heteroatoms. The molecule has 1 atom stereocenters. The van der Waals surface area contributed by atoms with E-state index in [4.69, 9.17) is 0 Å². The second kappa shape index (κ2) is 6.82. The quantitative estimate of drug-likeness (QED) is 0.745. The molecule has 2 aliphatic rings. The predicted molar refractivity (Wildman–Crippen MR) is 91.5 cm³/mol. The Labute approximate surface area is 143 Å². The highest BCUT2D eigenvalue weighted by Crippen LogP contribution is 2.26. The third-order valence-corrected chi connectivity index (χ3v) is 7.22. The SMILES string of the molecule is CNC(=O)[C@H](C)[NH+]1CCN(S(=O)(=O)c2ccc3c(c2)CCC3)CC1. The number of carbonyl (C=O) groups excluding carboxylic acids is 1. The summed E-state index contributed by atoms with van der Waals surface area (Å²) in [5.41, 5.74) is 2.45. The summed E-state index contributed by atoms with van der Waals surface area (Å²) in [6.45, 7) is 4.10. The summed E-state index contributed by atoms with van der Waals surface area (Å²) in [5.74, 6) is -0.0000654. The molecule has 1 aromatic rings. The average molecular weight is 352 g/mol. The van der Waals surface area contributed by atoms with Crippen LogP contribution >= 0.6 is 0 Å². The van der Waals surface area contributed by atoms with Crippen LogP contribution in [0.1, 0.15) is 24.5 Å². The minimum absolute atomic E-state index is 0.0000654. The fourth-order valence-electron chi connectivity index (χ4n) is 3.71. The van der Waals surface area contributed by atoms with Gasteiger partial charge in [0.2, 0.25) is 10.0 Å². The van der Waals surface area contributed by atoms with Crippen molar-refractivity contribution in [2.75, 3.05) is 33.2 Å². The van der Waals surface area contributed by atoms with Crippen LogP contribution in [-0.2, 0) is 27.7 Å². The van der Waals surface area contributed by atoms with Gasteiger partial charge in [-0.15, -0.1) is 0 Å². The third-order valence-electron chi connectivity index (χ3n) is 5.32. The van der Waals surface area contributed by atoms with E-state index in [9.17, 15) is 13.2 Å². The number of rotatable bonds is 4. The van der Waals surface area contributed by atoms with E-state index in [-0.39, 0.29) is 11.9 Å². The van der Waals surface area contributed by atoms with Crippen molar-refractivity contribution >= 4 is 15.9 Å². The smallest absolute Gasteiger partial charge is 0.277 e. The van der Waals surface area contributed by atoms with Crippen molar-refractivity contribution in [3.63, 3.8) is 0 Å². The molecule has 0 saturated carbocycles. The number of sulfonamides is 1. The number of nitrogens with zero attached hydrogens (tertiary/aromatic N) is 1. The number of hydrogen-bond donors (Lipinski definition) is 2. The summed E-state index contributed by atoms with van der Waals surface area (Å²) < 4.78 is 27.3. The summed E-state index contributed by atoms with van der Waals surface area (Å²) in [4.78, 5) is 13.3. The fraction of sp³-hybridized carbons (Fsp3) is 0.588. The first-order chi connectivity index (χ1) is 11.4. The van der Waals surface area contributed by atoms with Crippen molar-refractivity contribution in [1.82, 2.24) is 9.62 Å². The number of hydrogen-bond acceptors (Lipinski definition) is 3. The van der Waals surface area contributed by atoms with E-state index in [0.29, 0.717) is 31.1 Å². The second-order valence-corrected chi connectivity index (χ2v) is 8.62. The molecule has 1 aliphatic heterocycles. The van der Waals surface area contributed by atoms with Gasteiger partial charge in [-0.1, -0.05) is 6.07 Å². The number of benzene rings is 1. The van der Waals surface area contributed by atoms with Crippen LogP contribution in [0.15, 0.2) is 23.1 Å². The molecule has 1 aromatic carbocycles. The molecule has 1 fully saturated rings. The van der Waals surface area contributed by atoms with Crippen LogP contribution in [-0.4, -0.2) is 57.9 Å². The Morgan fingerprint density at radius 1 is 1.21 bits per heavy atom. The van der Waals surface area contributed by atoms with Gasteiger partial charge in [-0.3, -0.25) is 4.79 Å². The van der Waals surface area contributed by atoms with Crippen LogP contribution in [0.3, 0.4) is 0 Å². The van der Waals surface area contributed by atoms with Crippen molar-refractivity contribution in [3.05, 3.63) is 29.3 Å². The number of likely N-dealkylation sites (N-methyl/N-ethyl adjacent to an activating group) is 1. The van der Waals surface area contributed by atoms with Crippen molar-refractivity contribution in [2.45, 2.75) is 37.1 Å². The Kier molecular flexibility index (Phi) is 4.94. The zero-order valence-corrected chi connectivity index (χ0v) is 15.2. The Morgan fingerprint density at radius 3 is 2.54 bits per heavy atom. The Morgan fingerprint density at radius 2 is 1.88 bits per heavy atom.